The number of halogens is 1. The van der Waals surface area contributed by atoms with E-state index in [1.54, 1.807) is 0 Å². The van der Waals surface area contributed by atoms with Crippen LogP contribution in [0.4, 0.5) is 5.82 Å². The van der Waals surface area contributed by atoms with Crippen LogP contribution in [-0.4, -0.2) is 29.0 Å². The highest BCUT2D eigenvalue weighted by Crippen LogP contribution is 2.28. The van der Waals surface area contributed by atoms with E-state index in [9.17, 15) is 4.79 Å². The maximum Gasteiger partial charge on any atom is 0.223 e. The van der Waals surface area contributed by atoms with Gasteiger partial charge in [0.2, 0.25) is 5.91 Å². The van der Waals surface area contributed by atoms with Gasteiger partial charge in [0.25, 0.3) is 0 Å². The van der Waals surface area contributed by atoms with E-state index in [1.165, 1.54) is 0 Å². The van der Waals surface area contributed by atoms with E-state index < -0.39 is 0 Å². The van der Waals surface area contributed by atoms with Gasteiger partial charge in [0, 0.05) is 30.0 Å². The number of aromatic nitrogens is 2. The number of nitrogens with one attached hydrogen (secondary N) is 2. The highest BCUT2D eigenvalue weighted by atomic mass is 35.5. The second kappa shape index (κ2) is 6.18. The van der Waals surface area contributed by atoms with Crippen molar-refractivity contribution in [3.63, 3.8) is 0 Å². The molecule has 1 aromatic heterocycles. The molecule has 2 N–H and O–H groups in total. The van der Waals surface area contributed by atoms with Crippen LogP contribution in [0.5, 0.6) is 0 Å². The fourth-order valence-corrected chi connectivity index (χ4v) is 2.02. The van der Waals surface area contributed by atoms with E-state index in [0.29, 0.717) is 24.1 Å². The lowest BCUT2D eigenvalue weighted by molar-refractivity contribution is -0.122. The minimum atomic E-state index is -0.159. The molecule has 1 amide bonds. The number of hydrogen-bond donors (Lipinski definition) is 2. The minimum Gasteiger partial charge on any atom is -0.368 e. The molecule has 1 heterocycles. The second-order valence-corrected chi connectivity index (χ2v) is 6.91. The summed E-state index contributed by atoms with van der Waals surface area (Å²) in [5, 5.41) is 6.62. The Morgan fingerprint density at radius 3 is 2.52 bits per heavy atom. The Balaban J connectivity index is 1.95. The summed E-state index contributed by atoms with van der Waals surface area (Å²) >= 11 is 6.18. The van der Waals surface area contributed by atoms with Crippen LogP contribution in [0, 0.1) is 12.8 Å². The maximum atomic E-state index is 11.5. The molecule has 2 rings (SSSR count). The first-order valence-electron chi connectivity index (χ1n) is 7.35. The van der Waals surface area contributed by atoms with Gasteiger partial charge in [-0.1, -0.05) is 32.4 Å². The SMILES string of the molecule is Cc1c(Cl)nc(C(C)(C)C)nc1NCCNC(=O)C1CC1. The molecule has 0 atom stereocenters. The monoisotopic (exact) mass is 310 g/mol. The van der Waals surface area contributed by atoms with Gasteiger partial charge in [-0.15, -0.1) is 0 Å². The highest BCUT2D eigenvalue weighted by molar-refractivity contribution is 6.30. The number of anilines is 1. The molecule has 0 aliphatic heterocycles. The van der Waals surface area contributed by atoms with Gasteiger partial charge in [-0.25, -0.2) is 9.97 Å². The average Bonchev–Trinajstić information content (AvgIpc) is 3.21. The van der Waals surface area contributed by atoms with Gasteiger partial charge in [0.15, 0.2) is 0 Å². The molecule has 116 valence electrons. The Labute approximate surface area is 130 Å². The van der Waals surface area contributed by atoms with Crippen LogP contribution >= 0.6 is 11.6 Å². The van der Waals surface area contributed by atoms with E-state index in [1.807, 2.05) is 27.7 Å². The summed E-state index contributed by atoms with van der Waals surface area (Å²) in [6.07, 6.45) is 2.05. The summed E-state index contributed by atoms with van der Waals surface area (Å²) < 4.78 is 0. The zero-order valence-electron chi connectivity index (χ0n) is 13.1. The zero-order valence-corrected chi connectivity index (χ0v) is 13.8. The zero-order chi connectivity index (χ0) is 15.6. The van der Waals surface area contributed by atoms with Gasteiger partial charge in [-0.2, -0.15) is 0 Å². The van der Waals surface area contributed by atoms with Gasteiger partial charge < -0.3 is 10.6 Å². The summed E-state index contributed by atoms with van der Waals surface area (Å²) in [5.74, 6) is 1.85. The lowest BCUT2D eigenvalue weighted by Crippen LogP contribution is -2.30. The third-order valence-electron chi connectivity index (χ3n) is 3.42. The molecule has 0 bridgehead atoms. The van der Waals surface area contributed by atoms with Crippen molar-refractivity contribution in [1.29, 1.82) is 0 Å². The number of nitrogens with zero attached hydrogens (tertiary/aromatic N) is 2. The number of rotatable bonds is 5. The molecule has 21 heavy (non-hydrogen) atoms. The molecular weight excluding hydrogens is 288 g/mol. The largest absolute Gasteiger partial charge is 0.368 e. The summed E-state index contributed by atoms with van der Waals surface area (Å²) in [5.41, 5.74) is 0.673. The quantitative estimate of drug-likeness (QED) is 0.648. The Morgan fingerprint density at radius 2 is 1.95 bits per heavy atom. The summed E-state index contributed by atoms with van der Waals surface area (Å²) in [4.78, 5) is 20.4. The lowest BCUT2D eigenvalue weighted by Gasteiger charge is -2.19. The maximum absolute atomic E-state index is 11.5. The highest BCUT2D eigenvalue weighted by Gasteiger charge is 2.29. The molecule has 0 radical (unpaired) electrons. The van der Waals surface area contributed by atoms with Crippen molar-refractivity contribution in [2.45, 2.75) is 46.0 Å². The lowest BCUT2D eigenvalue weighted by atomic mass is 9.95. The van der Waals surface area contributed by atoms with Crippen molar-refractivity contribution in [2.24, 2.45) is 5.92 Å². The smallest absolute Gasteiger partial charge is 0.223 e. The third kappa shape index (κ3) is 4.30. The van der Waals surface area contributed by atoms with Crippen LogP contribution in [0.1, 0.15) is 45.0 Å². The van der Waals surface area contributed by atoms with E-state index >= 15 is 0 Å². The Hall–Kier alpha value is -1.36. The van der Waals surface area contributed by atoms with Crippen LogP contribution < -0.4 is 10.6 Å². The Kier molecular flexibility index (Phi) is 4.71. The van der Waals surface area contributed by atoms with E-state index in [4.69, 9.17) is 11.6 Å². The summed E-state index contributed by atoms with van der Waals surface area (Å²) in [6, 6.07) is 0. The molecule has 6 heteroatoms. The molecule has 0 aromatic carbocycles. The Morgan fingerprint density at radius 1 is 1.29 bits per heavy atom. The predicted octanol–water partition coefficient (Wildman–Crippen LogP) is 2.67. The second-order valence-electron chi connectivity index (χ2n) is 6.55. The predicted molar refractivity (Wildman–Crippen MR) is 84.7 cm³/mol. The normalized spacial score (nSPS) is 14.9. The van der Waals surface area contributed by atoms with Crippen LogP contribution in [-0.2, 0) is 10.2 Å². The topological polar surface area (TPSA) is 66.9 Å². The van der Waals surface area contributed by atoms with Gasteiger partial charge in [0.05, 0.1) is 0 Å². The van der Waals surface area contributed by atoms with Crippen LogP contribution in [0.3, 0.4) is 0 Å². The van der Waals surface area contributed by atoms with Crippen molar-refractivity contribution in [3.05, 3.63) is 16.5 Å². The van der Waals surface area contributed by atoms with Crippen LogP contribution in [0.2, 0.25) is 5.15 Å². The van der Waals surface area contributed by atoms with Crippen molar-refractivity contribution in [1.82, 2.24) is 15.3 Å². The van der Waals surface area contributed by atoms with Gasteiger partial charge in [-0.05, 0) is 19.8 Å². The molecule has 1 saturated carbocycles. The summed E-state index contributed by atoms with van der Waals surface area (Å²) in [7, 11) is 0. The number of carbonyl (C=O) groups is 1. The standard InChI is InChI=1S/C15H23ClN4O/c1-9-11(16)19-14(15(2,3)4)20-12(9)17-7-8-18-13(21)10-5-6-10/h10H,5-8H2,1-4H3,(H,18,21)(H,17,19,20). The molecule has 1 aromatic rings. The molecule has 0 unspecified atom stereocenters. The molecule has 0 spiro atoms. The number of amides is 1. The van der Waals surface area contributed by atoms with Crippen LogP contribution in [0.25, 0.3) is 0 Å². The van der Waals surface area contributed by atoms with Gasteiger partial charge >= 0.3 is 0 Å². The average molecular weight is 311 g/mol. The van der Waals surface area contributed by atoms with E-state index in [2.05, 4.69) is 20.6 Å². The van der Waals surface area contributed by atoms with Gasteiger partial charge in [-0.3, -0.25) is 4.79 Å². The first-order valence-corrected chi connectivity index (χ1v) is 7.73. The fourth-order valence-electron chi connectivity index (χ4n) is 1.85. The van der Waals surface area contributed by atoms with E-state index in [-0.39, 0.29) is 17.2 Å². The van der Waals surface area contributed by atoms with Crippen molar-refractivity contribution in [2.75, 3.05) is 18.4 Å². The van der Waals surface area contributed by atoms with Gasteiger partial charge in [0.1, 0.15) is 16.8 Å². The first kappa shape index (κ1) is 16.0. The number of carbonyl (C=O) groups excluding carboxylic acids is 1. The van der Waals surface area contributed by atoms with Crippen LogP contribution in [0.15, 0.2) is 0 Å². The summed E-state index contributed by atoms with van der Waals surface area (Å²) in [6.45, 7) is 9.24. The molecule has 1 fully saturated rings. The third-order valence-corrected chi connectivity index (χ3v) is 3.79. The molecule has 1 aliphatic carbocycles. The minimum absolute atomic E-state index is 0.157. The van der Waals surface area contributed by atoms with Crippen molar-refractivity contribution < 1.29 is 4.79 Å². The van der Waals surface area contributed by atoms with Crippen molar-refractivity contribution in [3.8, 4) is 0 Å². The number of hydrogen-bond acceptors (Lipinski definition) is 4. The fraction of sp³-hybridized carbons (Fsp3) is 0.667. The van der Waals surface area contributed by atoms with E-state index in [0.717, 1.165) is 24.2 Å². The molecule has 0 saturated heterocycles. The molecular formula is C15H23ClN4O. The molecule has 5 nitrogen and oxygen atoms in total. The molecule has 1 aliphatic rings. The first-order chi connectivity index (χ1) is 9.79. The van der Waals surface area contributed by atoms with Crippen molar-refractivity contribution >= 4 is 23.3 Å². The Bertz CT molecular complexity index is 535.